The third kappa shape index (κ3) is 1.29. The summed E-state index contributed by atoms with van der Waals surface area (Å²) in [6.45, 7) is 0. The molecule has 0 spiro atoms. The lowest BCUT2D eigenvalue weighted by Gasteiger charge is -2.31. The van der Waals surface area contributed by atoms with E-state index in [1.807, 2.05) is 0 Å². The van der Waals surface area contributed by atoms with E-state index >= 15 is 0 Å². The lowest BCUT2D eigenvalue weighted by Crippen LogP contribution is -2.48. The first-order valence-electron chi connectivity index (χ1n) is 3.35. The van der Waals surface area contributed by atoms with Crippen LogP contribution < -0.4 is 0 Å². The van der Waals surface area contributed by atoms with Crippen molar-refractivity contribution in [3.8, 4) is 0 Å². The maximum atomic E-state index is 8.96. The number of hydrogen-bond acceptors (Lipinski definition) is 4. The number of aliphatic hydroxyl groups is 4. The van der Waals surface area contributed by atoms with Gasteiger partial charge in [-0.2, -0.15) is 0 Å². The van der Waals surface area contributed by atoms with Crippen LogP contribution in [0.2, 0.25) is 0 Å². The highest BCUT2D eigenvalue weighted by molar-refractivity contribution is 4.86. The normalized spacial score (nSPS) is 49.2. The summed E-state index contributed by atoms with van der Waals surface area (Å²) in [6, 6.07) is 0. The number of hydrogen-bond donors (Lipinski definition) is 4. The Morgan fingerprint density at radius 3 is 1.30 bits per heavy atom. The molecule has 0 saturated heterocycles. The van der Waals surface area contributed by atoms with Crippen LogP contribution in [-0.4, -0.2) is 44.8 Å². The summed E-state index contributed by atoms with van der Waals surface area (Å²) in [4.78, 5) is 0. The van der Waals surface area contributed by atoms with Gasteiger partial charge in [0, 0.05) is 0 Å². The molecule has 1 aliphatic rings. The molecule has 0 aromatic heterocycles. The van der Waals surface area contributed by atoms with Crippen LogP contribution in [0, 0.1) is 0 Å². The van der Waals surface area contributed by atoms with E-state index in [4.69, 9.17) is 20.4 Å². The SMILES string of the molecule is OC1CC[C@H](O)[C@H](O)[C@H]1O. The van der Waals surface area contributed by atoms with Crippen LogP contribution in [0.5, 0.6) is 0 Å². The van der Waals surface area contributed by atoms with Crippen molar-refractivity contribution in [2.24, 2.45) is 0 Å². The summed E-state index contributed by atoms with van der Waals surface area (Å²) in [5.41, 5.74) is 0. The molecule has 4 nitrogen and oxygen atoms in total. The van der Waals surface area contributed by atoms with Gasteiger partial charge in [0.1, 0.15) is 12.2 Å². The molecule has 1 aliphatic carbocycles. The molecule has 10 heavy (non-hydrogen) atoms. The molecule has 0 bridgehead atoms. The minimum absolute atomic E-state index is 0.347. The number of rotatable bonds is 0. The molecule has 4 heteroatoms. The third-order valence-electron chi connectivity index (χ3n) is 1.90. The van der Waals surface area contributed by atoms with Gasteiger partial charge in [-0.3, -0.25) is 0 Å². The van der Waals surface area contributed by atoms with E-state index in [1.165, 1.54) is 0 Å². The van der Waals surface area contributed by atoms with Crippen LogP contribution in [0.1, 0.15) is 12.8 Å². The molecule has 0 heterocycles. The standard InChI is InChI=1S/C6H12O4/c7-3-1-2-4(8)6(10)5(3)9/h3-10H,1-2H2/t3-,4?,5-,6-/m0/s1. The van der Waals surface area contributed by atoms with E-state index < -0.39 is 24.4 Å². The van der Waals surface area contributed by atoms with Gasteiger partial charge in [0.25, 0.3) is 0 Å². The summed E-state index contributed by atoms with van der Waals surface area (Å²) in [5, 5.41) is 35.8. The monoisotopic (exact) mass is 148 g/mol. The fourth-order valence-corrected chi connectivity index (χ4v) is 1.14. The van der Waals surface area contributed by atoms with Gasteiger partial charge in [-0.05, 0) is 12.8 Å². The maximum Gasteiger partial charge on any atom is 0.108 e. The highest BCUT2D eigenvalue weighted by atomic mass is 16.4. The van der Waals surface area contributed by atoms with Crippen LogP contribution in [-0.2, 0) is 0 Å². The van der Waals surface area contributed by atoms with E-state index in [1.54, 1.807) is 0 Å². The number of aliphatic hydroxyl groups excluding tert-OH is 4. The molecule has 0 radical (unpaired) electrons. The van der Waals surface area contributed by atoms with E-state index in [-0.39, 0.29) is 0 Å². The van der Waals surface area contributed by atoms with Crippen LogP contribution in [0.4, 0.5) is 0 Å². The minimum atomic E-state index is -1.19. The van der Waals surface area contributed by atoms with Crippen molar-refractivity contribution < 1.29 is 20.4 Å². The van der Waals surface area contributed by atoms with Crippen molar-refractivity contribution >= 4 is 0 Å². The fourth-order valence-electron chi connectivity index (χ4n) is 1.14. The summed E-state index contributed by atoms with van der Waals surface area (Å²) in [7, 11) is 0. The molecule has 0 amide bonds. The molecular formula is C6H12O4. The molecule has 1 fully saturated rings. The first kappa shape index (κ1) is 7.94. The molecule has 0 aromatic rings. The van der Waals surface area contributed by atoms with Crippen LogP contribution in [0.25, 0.3) is 0 Å². The minimum Gasteiger partial charge on any atom is -0.390 e. The quantitative estimate of drug-likeness (QED) is 0.327. The Balaban J connectivity index is 2.52. The molecule has 1 saturated carbocycles. The predicted molar refractivity (Wildman–Crippen MR) is 33.3 cm³/mol. The van der Waals surface area contributed by atoms with Crippen molar-refractivity contribution in [3.05, 3.63) is 0 Å². The van der Waals surface area contributed by atoms with Crippen LogP contribution in [0.3, 0.4) is 0 Å². The lowest BCUT2D eigenvalue weighted by atomic mass is 9.90. The third-order valence-corrected chi connectivity index (χ3v) is 1.90. The topological polar surface area (TPSA) is 80.9 Å². The van der Waals surface area contributed by atoms with E-state index in [0.717, 1.165) is 0 Å². The van der Waals surface area contributed by atoms with Gasteiger partial charge in [-0.25, -0.2) is 0 Å². The smallest absolute Gasteiger partial charge is 0.108 e. The second-order valence-electron chi connectivity index (χ2n) is 2.69. The molecule has 1 rings (SSSR count). The fraction of sp³-hybridized carbons (Fsp3) is 1.00. The highest BCUT2D eigenvalue weighted by Gasteiger charge is 2.34. The highest BCUT2D eigenvalue weighted by Crippen LogP contribution is 2.19. The Morgan fingerprint density at radius 1 is 0.700 bits per heavy atom. The second-order valence-corrected chi connectivity index (χ2v) is 2.69. The predicted octanol–water partition coefficient (Wildman–Crippen LogP) is -1.78. The van der Waals surface area contributed by atoms with E-state index in [2.05, 4.69) is 0 Å². The summed E-state index contributed by atoms with van der Waals surface area (Å²) >= 11 is 0. The largest absolute Gasteiger partial charge is 0.390 e. The summed E-state index contributed by atoms with van der Waals surface area (Å²) in [5.74, 6) is 0. The molecule has 4 N–H and O–H groups in total. The molecule has 4 atom stereocenters. The molecule has 60 valence electrons. The molecule has 1 unspecified atom stereocenters. The Kier molecular flexibility index (Phi) is 2.25. The van der Waals surface area contributed by atoms with Gasteiger partial charge in [0.2, 0.25) is 0 Å². The Labute approximate surface area is 58.7 Å². The zero-order chi connectivity index (χ0) is 7.72. The zero-order valence-electron chi connectivity index (χ0n) is 5.51. The Morgan fingerprint density at radius 2 is 1.00 bits per heavy atom. The average Bonchev–Trinajstić information content (AvgIpc) is 1.93. The molecular weight excluding hydrogens is 136 g/mol. The first-order valence-corrected chi connectivity index (χ1v) is 3.35. The van der Waals surface area contributed by atoms with Gasteiger partial charge < -0.3 is 20.4 Å². The van der Waals surface area contributed by atoms with Gasteiger partial charge in [-0.15, -0.1) is 0 Å². The average molecular weight is 148 g/mol. The van der Waals surface area contributed by atoms with Crippen molar-refractivity contribution in [3.63, 3.8) is 0 Å². The molecule has 0 aromatic carbocycles. The van der Waals surface area contributed by atoms with Crippen molar-refractivity contribution in [1.29, 1.82) is 0 Å². The van der Waals surface area contributed by atoms with E-state index in [0.29, 0.717) is 12.8 Å². The molecule has 0 aliphatic heterocycles. The Bertz CT molecular complexity index is 102. The lowest BCUT2D eigenvalue weighted by molar-refractivity contribution is -0.135. The second kappa shape index (κ2) is 2.84. The zero-order valence-corrected chi connectivity index (χ0v) is 5.51. The van der Waals surface area contributed by atoms with Crippen molar-refractivity contribution in [2.75, 3.05) is 0 Å². The van der Waals surface area contributed by atoms with Gasteiger partial charge >= 0.3 is 0 Å². The van der Waals surface area contributed by atoms with Crippen molar-refractivity contribution in [2.45, 2.75) is 37.3 Å². The van der Waals surface area contributed by atoms with Gasteiger partial charge in [0.05, 0.1) is 12.2 Å². The van der Waals surface area contributed by atoms with Crippen molar-refractivity contribution in [1.82, 2.24) is 0 Å². The Hall–Kier alpha value is -0.160. The maximum absolute atomic E-state index is 8.96. The van der Waals surface area contributed by atoms with Crippen LogP contribution >= 0.6 is 0 Å². The summed E-state index contributed by atoms with van der Waals surface area (Å²) < 4.78 is 0. The van der Waals surface area contributed by atoms with Gasteiger partial charge in [0.15, 0.2) is 0 Å². The summed E-state index contributed by atoms with van der Waals surface area (Å²) in [6.07, 6.45) is -3.47. The van der Waals surface area contributed by atoms with Gasteiger partial charge in [-0.1, -0.05) is 0 Å². The first-order chi connectivity index (χ1) is 4.63. The van der Waals surface area contributed by atoms with Crippen LogP contribution in [0.15, 0.2) is 0 Å². The van der Waals surface area contributed by atoms with E-state index in [9.17, 15) is 0 Å².